The van der Waals surface area contributed by atoms with E-state index in [4.69, 9.17) is 4.74 Å². The summed E-state index contributed by atoms with van der Waals surface area (Å²) in [4.78, 5) is 20.2. The predicted octanol–water partition coefficient (Wildman–Crippen LogP) is 2.45. The van der Waals surface area contributed by atoms with Crippen LogP contribution in [0.5, 0.6) is 5.75 Å². The van der Waals surface area contributed by atoms with Crippen molar-refractivity contribution in [3.8, 4) is 5.75 Å². The molecule has 1 aliphatic rings. The van der Waals surface area contributed by atoms with Gasteiger partial charge in [0, 0.05) is 30.9 Å². The number of hydrogen-bond donors (Lipinski definition) is 2. The third-order valence-corrected chi connectivity index (χ3v) is 3.78. The molecule has 2 heterocycles. The topological polar surface area (TPSA) is 76.1 Å². The summed E-state index contributed by atoms with van der Waals surface area (Å²) < 4.78 is 19.1. The lowest BCUT2D eigenvalue weighted by Crippen LogP contribution is -2.29. The van der Waals surface area contributed by atoms with Gasteiger partial charge in [-0.25, -0.2) is 14.4 Å². The fourth-order valence-electron chi connectivity index (χ4n) is 2.64. The van der Waals surface area contributed by atoms with Crippen LogP contribution in [0.1, 0.15) is 30.9 Å². The molecule has 2 N–H and O–H groups in total. The van der Waals surface area contributed by atoms with Gasteiger partial charge in [0.1, 0.15) is 11.6 Å². The molecule has 1 aromatic carbocycles. The van der Waals surface area contributed by atoms with Gasteiger partial charge in [-0.1, -0.05) is 0 Å². The van der Waals surface area contributed by atoms with E-state index in [0.29, 0.717) is 30.4 Å². The second-order valence-electron chi connectivity index (χ2n) is 5.54. The Morgan fingerprint density at radius 2 is 2.17 bits per heavy atom. The Morgan fingerprint density at radius 1 is 1.33 bits per heavy atom. The van der Waals surface area contributed by atoms with Crippen molar-refractivity contribution >= 4 is 11.9 Å². The van der Waals surface area contributed by atoms with Crippen molar-refractivity contribution in [1.29, 1.82) is 0 Å². The summed E-state index contributed by atoms with van der Waals surface area (Å²) in [5.74, 6) is 0.678. The molecule has 126 valence electrons. The van der Waals surface area contributed by atoms with Gasteiger partial charge in [0.15, 0.2) is 0 Å². The van der Waals surface area contributed by atoms with E-state index in [9.17, 15) is 9.18 Å². The lowest BCUT2D eigenvalue weighted by atomic mass is 10.0. The zero-order valence-corrected chi connectivity index (χ0v) is 13.2. The van der Waals surface area contributed by atoms with Crippen molar-refractivity contribution < 1.29 is 13.9 Å². The molecule has 0 unspecified atom stereocenters. The number of fused-ring (bicyclic) bond motifs is 1. The first kappa shape index (κ1) is 16.2. The van der Waals surface area contributed by atoms with Gasteiger partial charge in [0.2, 0.25) is 11.9 Å². The quantitative estimate of drug-likeness (QED) is 0.881. The number of rotatable bonds is 5. The van der Waals surface area contributed by atoms with Crippen molar-refractivity contribution in [2.45, 2.75) is 25.3 Å². The summed E-state index contributed by atoms with van der Waals surface area (Å²) in [7, 11) is 0. The summed E-state index contributed by atoms with van der Waals surface area (Å²) >= 11 is 0. The molecule has 0 bridgehead atoms. The molecule has 2 aromatic rings. The van der Waals surface area contributed by atoms with E-state index in [1.54, 1.807) is 24.5 Å². The van der Waals surface area contributed by atoms with Crippen molar-refractivity contribution in [1.82, 2.24) is 15.3 Å². The number of anilines is 1. The molecule has 3 rings (SSSR count). The van der Waals surface area contributed by atoms with E-state index < -0.39 is 0 Å². The molecule has 24 heavy (non-hydrogen) atoms. The number of nitrogens with one attached hydrogen (secondary N) is 2. The largest absolute Gasteiger partial charge is 0.493 e. The molecule has 0 aliphatic carbocycles. The SMILES string of the molecule is O=C(CCNc1ncccn1)N[C@H]1CCCOc2ccc(F)cc21. The van der Waals surface area contributed by atoms with Gasteiger partial charge in [0.05, 0.1) is 12.6 Å². The molecule has 1 aromatic heterocycles. The van der Waals surface area contributed by atoms with Gasteiger partial charge in [-0.2, -0.15) is 0 Å². The summed E-state index contributed by atoms with van der Waals surface area (Å²) in [5, 5.41) is 5.95. The van der Waals surface area contributed by atoms with E-state index in [1.807, 2.05) is 0 Å². The Labute approximate surface area is 139 Å². The van der Waals surface area contributed by atoms with Gasteiger partial charge in [-0.05, 0) is 37.1 Å². The molecule has 0 spiro atoms. The lowest BCUT2D eigenvalue weighted by Gasteiger charge is -2.18. The Kier molecular flexibility index (Phi) is 5.20. The highest BCUT2D eigenvalue weighted by atomic mass is 19.1. The highest BCUT2D eigenvalue weighted by Crippen LogP contribution is 2.32. The van der Waals surface area contributed by atoms with Crippen LogP contribution < -0.4 is 15.4 Å². The first-order chi connectivity index (χ1) is 11.7. The molecule has 1 atom stereocenters. The fraction of sp³-hybridized carbons (Fsp3) is 0.353. The highest BCUT2D eigenvalue weighted by molar-refractivity contribution is 5.77. The highest BCUT2D eigenvalue weighted by Gasteiger charge is 2.22. The van der Waals surface area contributed by atoms with E-state index in [2.05, 4.69) is 20.6 Å². The predicted molar refractivity (Wildman–Crippen MR) is 87.2 cm³/mol. The van der Waals surface area contributed by atoms with Crippen molar-refractivity contribution in [3.05, 3.63) is 48.0 Å². The van der Waals surface area contributed by atoms with Crippen LogP contribution in [0.15, 0.2) is 36.7 Å². The average Bonchev–Trinajstić information content (AvgIpc) is 2.78. The average molecular weight is 330 g/mol. The molecule has 0 radical (unpaired) electrons. The number of nitrogens with zero attached hydrogens (tertiary/aromatic N) is 2. The number of halogens is 1. The minimum atomic E-state index is -0.332. The monoisotopic (exact) mass is 330 g/mol. The standard InChI is InChI=1S/C17H19FN4O2/c18-12-4-5-15-13(11-12)14(3-1-10-24-15)22-16(23)6-9-21-17-19-7-2-8-20-17/h2,4-5,7-8,11,14H,1,3,6,9-10H2,(H,22,23)(H,19,20,21)/t14-/m0/s1. The number of amides is 1. The van der Waals surface area contributed by atoms with Crippen LogP contribution in [0.4, 0.5) is 10.3 Å². The number of carbonyl (C=O) groups excluding carboxylic acids is 1. The van der Waals surface area contributed by atoms with Crippen molar-refractivity contribution in [3.63, 3.8) is 0 Å². The van der Waals surface area contributed by atoms with Crippen LogP contribution in [0.3, 0.4) is 0 Å². The van der Waals surface area contributed by atoms with E-state index in [-0.39, 0.29) is 24.2 Å². The van der Waals surface area contributed by atoms with E-state index >= 15 is 0 Å². The van der Waals surface area contributed by atoms with Crippen LogP contribution >= 0.6 is 0 Å². The normalized spacial score (nSPS) is 16.5. The molecule has 0 saturated heterocycles. The molecule has 0 fully saturated rings. The minimum absolute atomic E-state index is 0.111. The number of hydrogen-bond acceptors (Lipinski definition) is 5. The number of aromatic nitrogens is 2. The first-order valence-corrected chi connectivity index (χ1v) is 7.95. The Hall–Kier alpha value is -2.70. The summed E-state index contributed by atoms with van der Waals surface area (Å²) in [6.45, 7) is 0.993. The Bertz CT molecular complexity index is 696. The zero-order chi connectivity index (χ0) is 16.8. The lowest BCUT2D eigenvalue weighted by molar-refractivity contribution is -0.121. The summed E-state index contributed by atoms with van der Waals surface area (Å²) in [5.41, 5.74) is 0.695. The zero-order valence-electron chi connectivity index (χ0n) is 13.2. The van der Waals surface area contributed by atoms with Crippen molar-refractivity contribution in [2.75, 3.05) is 18.5 Å². The number of ether oxygens (including phenoxy) is 1. The van der Waals surface area contributed by atoms with Crippen LogP contribution in [0.2, 0.25) is 0 Å². The van der Waals surface area contributed by atoms with Gasteiger partial charge < -0.3 is 15.4 Å². The number of benzene rings is 1. The second kappa shape index (κ2) is 7.72. The summed E-state index contributed by atoms with van der Waals surface area (Å²) in [6, 6.07) is 5.90. The molecule has 1 amide bonds. The fourth-order valence-corrected chi connectivity index (χ4v) is 2.64. The van der Waals surface area contributed by atoms with Gasteiger partial charge in [0.25, 0.3) is 0 Å². The third-order valence-electron chi connectivity index (χ3n) is 3.78. The third kappa shape index (κ3) is 4.18. The maximum Gasteiger partial charge on any atom is 0.222 e. The molecular weight excluding hydrogens is 311 g/mol. The van der Waals surface area contributed by atoms with Gasteiger partial charge in [-0.3, -0.25) is 4.79 Å². The minimum Gasteiger partial charge on any atom is -0.493 e. The van der Waals surface area contributed by atoms with Crippen LogP contribution in [-0.2, 0) is 4.79 Å². The van der Waals surface area contributed by atoms with Crippen LogP contribution in [0.25, 0.3) is 0 Å². The summed E-state index contributed by atoms with van der Waals surface area (Å²) in [6.07, 6.45) is 5.06. The van der Waals surface area contributed by atoms with Crippen LogP contribution in [0, 0.1) is 5.82 Å². The molecule has 6 nitrogen and oxygen atoms in total. The van der Waals surface area contributed by atoms with Gasteiger partial charge >= 0.3 is 0 Å². The van der Waals surface area contributed by atoms with E-state index in [1.165, 1.54) is 12.1 Å². The first-order valence-electron chi connectivity index (χ1n) is 7.95. The Balaban J connectivity index is 1.57. The molecule has 7 heteroatoms. The maximum absolute atomic E-state index is 13.5. The Morgan fingerprint density at radius 3 is 3.00 bits per heavy atom. The van der Waals surface area contributed by atoms with E-state index in [0.717, 1.165) is 12.8 Å². The maximum atomic E-state index is 13.5. The smallest absolute Gasteiger partial charge is 0.222 e. The molecule has 0 saturated carbocycles. The van der Waals surface area contributed by atoms with Gasteiger partial charge in [-0.15, -0.1) is 0 Å². The molecular formula is C17H19FN4O2. The number of carbonyl (C=O) groups is 1. The second-order valence-corrected chi connectivity index (χ2v) is 5.54. The molecule has 1 aliphatic heterocycles. The van der Waals surface area contributed by atoms with Crippen LogP contribution in [-0.4, -0.2) is 29.0 Å². The van der Waals surface area contributed by atoms with Crippen molar-refractivity contribution in [2.24, 2.45) is 0 Å².